The van der Waals surface area contributed by atoms with Gasteiger partial charge in [-0.2, -0.15) is 21.6 Å². The summed E-state index contributed by atoms with van der Waals surface area (Å²) in [6.45, 7) is 2.94. The molecule has 6 nitrogen and oxygen atoms in total. The molecular formula is C16H17F3N2O4S2. The molecule has 0 unspecified atom stereocenters. The molecule has 0 saturated carbocycles. The van der Waals surface area contributed by atoms with E-state index in [0.717, 1.165) is 17.3 Å². The number of aryl methyl sites for hydroxylation is 1. The molecule has 0 atom stereocenters. The van der Waals surface area contributed by atoms with Gasteiger partial charge in [0.25, 0.3) is 0 Å². The Morgan fingerprint density at radius 1 is 1.33 bits per heavy atom. The minimum Gasteiger partial charge on any atom is -0.496 e. The van der Waals surface area contributed by atoms with Crippen LogP contribution in [-0.4, -0.2) is 42.5 Å². The topological polar surface area (TPSA) is 79.7 Å². The highest BCUT2D eigenvalue weighted by Crippen LogP contribution is 2.35. The highest BCUT2D eigenvalue weighted by molar-refractivity contribution is 7.86. The van der Waals surface area contributed by atoms with Gasteiger partial charge in [-0.25, -0.2) is 4.98 Å². The van der Waals surface area contributed by atoms with Crippen LogP contribution in [0.15, 0.2) is 24.4 Å². The molecule has 1 aliphatic rings. The summed E-state index contributed by atoms with van der Waals surface area (Å²) in [4.78, 5) is 7.94. The summed E-state index contributed by atoms with van der Waals surface area (Å²) in [6, 6.07) is 6.18. The standard InChI is InChI=1S/C15H16N2OS.CHF3O3S/c1-10-8-16-15(19-10)13-7-11-5-4-6-14(18-3)12(11)9-17(13)2;2-1(3,4)8(5,6)7/h4-8H,9H2,1-3H3;(H,5,6,7). The van der Waals surface area contributed by atoms with Crippen LogP contribution in [0.1, 0.15) is 21.0 Å². The van der Waals surface area contributed by atoms with Gasteiger partial charge in [-0.1, -0.05) is 12.1 Å². The highest BCUT2D eigenvalue weighted by atomic mass is 32.2. The van der Waals surface area contributed by atoms with Gasteiger partial charge in [-0.05, 0) is 24.6 Å². The number of fused-ring (bicyclic) bond motifs is 1. The Morgan fingerprint density at radius 3 is 2.44 bits per heavy atom. The average Bonchev–Trinajstić information content (AvgIpc) is 2.98. The fourth-order valence-electron chi connectivity index (χ4n) is 2.36. The molecule has 0 saturated heterocycles. The van der Waals surface area contributed by atoms with Crippen molar-refractivity contribution in [1.29, 1.82) is 0 Å². The first-order valence-corrected chi connectivity index (χ1v) is 9.75. The maximum Gasteiger partial charge on any atom is 0.522 e. The Morgan fingerprint density at radius 2 is 1.96 bits per heavy atom. The molecule has 27 heavy (non-hydrogen) atoms. The number of benzene rings is 1. The molecule has 0 spiro atoms. The van der Waals surface area contributed by atoms with E-state index in [-0.39, 0.29) is 0 Å². The first-order chi connectivity index (χ1) is 12.4. The van der Waals surface area contributed by atoms with E-state index in [9.17, 15) is 13.2 Å². The third-order valence-electron chi connectivity index (χ3n) is 3.62. The molecule has 0 amide bonds. The van der Waals surface area contributed by atoms with Crippen LogP contribution in [0.25, 0.3) is 11.8 Å². The van der Waals surface area contributed by atoms with Gasteiger partial charge in [0.15, 0.2) is 0 Å². The Hall–Kier alpha value is -2.11. The number of hydrogen-bond acceptors (Lipinski definition) is 6. The van der Waals surface area contributed by atoms with Crippen LogP contribution < -0.4 is 4.74 Å². The summed E-state index contributed by atoms with van der Waals surface area (Å²) in [6.07, 6.45) is 4.12. The lowest BCUT2D eigenvalue weighted by atomic mass is 10.0. The number of nitrogens with zero attached hydrogens (tertiary/aromatic N) is 2. The lowest BCUT2D eigenvalue weighted by molar-refractivity contribution is -0.0510. The third kappa shape index (κ3) is 4.99. The van der Waals surface area contributed by atoms with Crippen molar-refractivity contribution < 1.29 is 30.9 Å². The van der Waals surface area contributed by atoms with E-state index in [0.29, 0.717) is 0 Å². The maximum atomic E-state index is 10.7. The molecule has 1 aromatic carbocycles. The van der Waals surface area contributed by atoms with Crippen LogP contribution in [0, 0.1) is 6.92 Å². The fourth-order valence-corrected chi connectivity index (χ4v) is 3.19. The summed E-state index contributed by atoms with van der Waals surface area (Å²) >= 11 is 1.73. The van der Waals surface area contributed by atoms with Crippen molar-refractivity contribution in [3.05, 3.63) is 45.4 Å². The van der Waals surface area contributed by atoms with Gasteiger partial charge in [0.1, 0.15) is 10.8 Å². The minimum absolute atomic E-state index is 0.851. The molecule has 0 fully saturated rings. The van der Waals surface area contributed by atoms with Crippen molar-refractivity contribution in [2.75, 3.05) is 14.2 Å². The number of hydrogen-bond donors (Lipinski definition) is 1. The second kappa shape index (κ2) is 7.87. The number of halogens is 3. The van der Waals surface area contributed by atoms with Crippen LogP contribution in [0.3, 0.4) is 0 Å². The number of rotatable bonds is 2. The molecule has 3 rings (SSSR count). The molecule has 1 aromatic heterocycles. The lowest BCUT2D eigenvalue weighted by Crippen LogP contribution is -2.21. The van der Waals surface area contributed by atoms with Gasteiger partial charge >= 0.3 is 15.6 Å². The van der Waals surface area contributed by atoms with Crippen LogP contribution in [0.4, 0.5) is 13.2 Å². The first-order valence-electron chi connectivity index (χ1n) is 7.49. The van der Waals surface area contributed by atoms with Crippen LogP contribution in [0.5, 0.6) is 5.75 Å². The van der Waals surface area contributed by atoms with E-state index < -0.39 is 15.6 Å². The predicted octanol–water partition coefficient (Wildman–Crippen LogP) is 3.80. The summed E-state index contributed by atoms with van der Waals surface area (Å²) in [5.41, 5.74) is -1.89. The van der Waals surface area contributed by atoms with Gasteiger partial charge in [0, 0.05) is 30.2 Å². The van der Waals surface area contributed by atoms with Gasteiger partial charge in [-0.15, -0.1) is 11.3 Å². The van der Waals surface area contributed by atoms with Crippen molar-refractivity contribution in [1.82, 2.24) is 9.88 Å². The lowest BCUT2D eigenvalue weighted by Gasteiger charge is -2.28. The molecular weight excluding hydrogens is 405 g/mol. The quantitative estimate of drug-likeness (QED) is 0.586. The van der Waals surface area contributed by atoms with Crippen molar-refractivity contribution in [2.24, 2.45) is 0 Å². The van der Waals surface area contributed by atoms with Crippen molar-refractivity contribution in [3.8, 4) is 5.75 Å². The Balaban J connectivity index is 0.000000279. The molecule has 148 valence electrons. The summed E-state index contributed by atoms with van der Waals surface area (Å²) in [5, 5.41) is 1.08. The van der Waals surface area contributed by atoms with Crippen molar-refractivity contribution >= 4 is 33.2 Å². The van der Waals surface area contributed by atoms with Crippen molar-refractivity contribution in [2.45, 2.75) is 19.0 Å². The minimum atomic E-state index is -5.84. The summed E-state index contributed by atoms with van der Waals surface area (Å²) in [7, 11) is -2.02. The molecule has 1 N–H and O–H groups in total. The molecule has 11 heteroatoms. The average molecular weight is 422 g/mol. The third-order valence-corrected chi connectivity index (χ3v) is 5.14. The monoisotopic (exact) mass is 422 g/mol. The van der Waals surface area contributed by atoms with Gasteiger partial charge in [0.05, 0.1) is 12.8 Å². The zero-order valence-corrected chi connectivity index (χ0v) is 16.2. The molecule has 0 radical (unpaired) electrons. The van der Waals surface area contributed by atoms with Crippen LogP contribution in [-0.2, 0) is 16.7 Å². The SMILES string of the molecule is COc1cccc2c1CN(C)C(c1ncc(C)s1)=C2.O=S(=O)(O)C(F)(F)F. The number of thiazole rings is 1. The van der Waals surface area contributed by atoms with Crippen molar-refractivity contribution in [3.63, 3.8) is 0 Å². The zero-order chi connectivity index (χ0) is 20.4. The van der Waals surface area contributed by atoms with Crippen LogP contribution in [0.2, 0.25) is 0 Å². The highest BCUT2D eigenvalue weighted by Gasteiger charge is 2.44. The molecule has 2 heterocycles. The van der Waals surface area contributed by atoms with Gasteiger partial charge in [-0.3, -0.25) is 4.55 Å². The second-order valence-corrected chi connectivity index (χ2v) is 8.26. The maximum absolute atomic E-state index is 10.7. The van der Waals surface area contributed by atoms with E-state index in [4.69, 9.17) is 17.7 Å². The Bertz CT molecular complexity index is 953. The zero-order valence-electron chi connectivity index (χ0n) is 14.6. The van der Waals surface area contributed by atoms with E-state index in [1.807, 2.05) is 18.3 Å². The van der Waals surface area contributed by atoms with Gasteiger partial charge in [0.2, 0.25) is 0 Å². The van der Waals surface area contributed by atoms with E-state index in [1.54, 1.807) is 18.4 Å². The smallest absolute Gasteiger partial charge is 0.496 e. The predicted molar refractivity (Wildman–Crippen MR) is 96.8 cm³/mol. The van der Waals surface area contributed by atoms with Gasteiger partial charge < -0.3 is 9.64 Å². The molecule has 2 aromatic rings. The fraction of sp³-hybridized carbons (Fsp3) is 0.312. The first kappa shape index (κ1) is 21.2. The van der Waals surface area contributed by atoms with E-state index >= 15 is 0 Å². The Labute approximate surface area is 158 Å². The van der Waals surface area contributed by atoms with E-state index in [1.165, 1.54) is 21.7 Å². The number of aromatic nitrogens is 1. The van der Waals surface area contributed by atoms with E-state index in [2.05, 4.69) is 36.0 Å². The largest absolute Gasteiger partial charge is 0.522 e. The normalized spacial score (nSPS) is 14.0. The number of ether oxygens (including phenoxy) is 1. The van der Waals surface area contributed by atoms with Crippen LogP contribution >= 0.6 is 11.3 Å². The second-order valence-electron chi connectivity index (χ2n) is 5.61. The molecule has 0 bridgehead atoms. The molecule has 0 aliphatic carbocycles. The summed E-state index contributed by atoms with van der Waals surface area (Å²) < 4.78 is 63.0. The molecule has 1 aliphatic heterocycles. The number of alkyl halides is 3. The number of methoxy groups -OCH3 is 1. The Kier molecular flexibility index (Phi) is 6.17. The summed E-state index contributed by atoms with van der Waals surface area (Å²) in [5.74, 6) is 0.954.